The van der Waals surface area contributed by atoms with Crippen LogP contribution >= 0.6 is 0 Å². The zero-order valence-corrected chi connectivity index (χ0v) is 12.9. The van der Waals surface area contributed by atoms with Crippen molar-refractivity contribution in [1.29, 1.82) is 0 Å². The van der Waals surface area contributed by atoms with Crippen LogP contribution in [0.25, 0.3) is 44.9 Å². The SMILES string of the molecule is C=Cc1c(C=C)n(C(C)=O)c2c1ccc1[nH]c3ccccc3c12. The number of hydrogen-bond donors (Lipinski definition) is 1. The molecule has 0 aliphatic heterocycles. The van der Waals surface area contributed by atoms with Crippen LogP contribution in [0.4, 0.5) is 0 Å². The molecule has 0 atom stereocenters. The maximum atomic E-state index is 12.3. The molecule has 2 aromatic carbocycles. The minimum Gasteiger partial charge on any atom is -0.354 e. The van der Waals surface area contributed by atoms with E-state index in [2.05, 4.69) is 30.3 Å². The summed E-state index contributed by atoms with van der Waals surface area (Å²) in [5, 5.41) is 3.19. The Bertz CT molecular complexity index is 1130. The summed E-state index contributed by atoms with van der Waals surface area (Å²) in [6.07, 6.45) is 3.51. The van der Waals surface area contributed by atoms with Crippen molar-refractivity contribution in [2.24, 2.45) is 0 Å². The van der Waals surface area contributed by atoms with Gasteiger partial charge in [-0.05, 0) is 18.2 Å². The molecule has 0 unspecified atom stereocenters. The number of nitrogens with one attached hydrogen (secondary N) is 1. The Morgan fingerprint density at radius 3 is 2.52 bits per heavy atom. The van der Waals surface area contributed by atoms with Gasteiger partial charge in [-0.2, -0.15) is 0 Å². The van der Waals surface area contributed by atoms with Gasteiger partial charge in [0.15, 0.2) is 0 Å². The quantitative estimate of drug-likeness (QED) is 0.541. The largest absolute Gasteiger partial charge is 0.354 e. The van der Waals surface area contributed by atoms with E-state index in [-0.39, 0.29) is 5.91 Å². The molecule has 0 spiro atoms. The molecule has 0 aliphatic carbocycles. The fourth-order valence-electron chi connectivity index (χ4n) is 3.49. The van der Waals surface area contributed by atoms with Crippen molar-refractivity contribution in [2.75, 3.05) is 0 Å². The molecule has 0 saturated heterocycles. The van der Waals surface area contributed by atoms with Gasteiger partial charge in [0.25, 0.3) is 0 Å². The number of para-hydroxylation sites is 1. The standard InChI is InChI=1S/C20H16N2O/c1-4-13-14-10-11-17-19(15-8-6-7-9-16(15)21-17)20(14)22(12(3)23)18(13)5-2/h4-11,21H,1-2H2,3H3. The number of benzene rings is 2. The van der Waals surface area contributed by atoms with Gasteiger partial charge in [-0.1, -0.05) is 43.5 Å². The Balaban J connectivity index is 2.39. The number of fused-ring (bicyclic) bond motifs is 5. The number of aromatic nitrogens is 2. The van der Waals surface area contributed by atoms with E-state index in [1.54, 1.807) is 23.6 Å². The second-order valence-electron chi connectivity index (χ2n) is 5.62. The Labute approximate surface area is 133 Å². The summed E-state index contributed by atoms with van der Waals surface area (Å²) in [5.74, 6) is -0.0317. The molecule has 0 aliphatic rings. The van der Waals surface area contributed by atoms with E-state index in [4.69, 9.17) is 0 Å². The van der Waals surface area contributed by atoms with E-state index in [9.17, 15) is 4.79 Å². The highest BCUT2D eigenvalue weighted by Gasteiger charge is 2.20. The second kappa shape index (κ2) is 4.71. The van der Waals surface area contributed by atoms with Gasteiger partial charge in [0.05, 0.1) is 11.2 Å². The third kappa shape index (κ3) is 1.67. The minimum absolute atomic E-state index is 0.0317. The van der Waals surface area contributed by atoms with Crippen LogP contribution in [0, 0.1) is 0 Å². The number of nitrogens with zero attached hydrogens (tertiary/aromatic N) is 1. The van der Waals surface area contributed by atoms with Gasteiger partial charge in [-0.25, -0.2) is 0 Å². The summed E-state index contributed by atoms with van der Waals surface area (Å²) in [6.45, 7) is 9.37. The van der Waals surface area contributed by atoms with Gasteiger partial charge in [0, 0.05) is 39.7 Å². The third-order valence-corrected chi connectivity index (χ3v) is 4.39. The Hall–Kier alpha value is -3.07. The van der Waals surface area contributed by atoms with E-state index >= 15 is 0 Å². The molecule has 0 fully saturated rings. The molecule has 0 saturated carbocycles. The lowest BCUT2D eigenvalue weighted by molar-refractivity contribution is 0.0941. The number of hydrogen-bond acceptors (Lipinski definition) is 1. The summed E-state index contributed by atoms with van der Waals surface area (Å²) in [5.41, 5.74) is 4.73. The number of carbonyl (C=O) groups is 1. The molecule has 2 heterocycles. The normalized spacial score (nSPS) is 11.3. The first-order chi connectivity index (χ1) is 11.2. The molecule has 1 N–H and O–H groups in total. The zero-order valence-electron chi connectivity index (χ0n) is 12.9. The van der Waals surface area contributed by atoms with Gasteiger partial charge >= 0.3 is 0 Å². The van der Waals surface area contributed by atoms with Gasteiger partial charge in [0.2, 0.25) is 5.91 Å². The lowest BCUT2D eigenvalue weighted by Crippen LogP contribution is -2.07. The molecule has 0 radical (unpaired) electrons. The molecular weight excluding hydrogens is 284 g/mol. The van der Waals surface area contributed by atoms with Gasteiger partial charge in [-0.15, -0.1) is 0 Å². The van der Waals surface area contributed by atoms with Crippen LogP contribution in [0.3, 0.4) is 0 Å². The van der Waals surface area contributed by atoms with E-state index in [0.29, 0.717) is 0 Å². The Morgan fingerprint density at radius 1 is 1.04 bits per heavy atom. The Morgan fingerprint density at radius 2 is 1.83 bits per heavy atom. The van der Waals surface area contributed by atoms with Crippen LogP contribution in [0.2, 0.25) is 0 Å². The number of rotatable bonds is 2. The van der Waals surface area contributed by atoms with Crippen molar-refractivity contribution in [1.82, 2.24) is 9.55 Å². The molecular formula is C20H16N2O. The molecule has 4 aromatic rings. The predicted octanol–water partition coefficient (Wildman–Crippen LogP) is 5.22. The molecule has 0 amide bonds. The first-order valence-electron chi connectivity index (χ1n) is 7.51. The van der Waals surface area contributed by atoms with Crippen LogP contribution in [-0.4, -0.2) is 15.5 Å². The van der Waals surface area contributed by atoms with Crippen molar-refractivity contribution in [3.63, 3.8) is 0 Å². The average molecular weight is 300 g/mol. The highest BCUT2D eigenvalue weighted by Crippen LogP contribution is 2.37. The summed E-state index contributed by atoms with van der Waals surface area (Å²) < 4.78 is 1.74. The van der Waals surface area contributed by atoms with Crippen LogP contribution in [0.15, 0.2) is 49.6 Å². The van der Waals surface area contributed by atoms with Crippen LogP contribution in [0.1, 0.15) is 23.0 Å². The molecule has 2 aromatic heterocycles. The van der Waals surface area contributed by atoms with Gasteiger partial charge < -0.3 is 4.98 Å². The lowest BCUT2D eigenvalue weighted by Gasteiger charge is -2.04. The summed E-state index contributed by atoms with van der Waals surface area (Å²) in [7, 11) is 0. The number of aromatic amines is 1. The topological polar surface area (TPSA) is 37.8 Å². The average Bonchev–Trinajstić information content (AvgIpc) is 3.08. The van der Waals surface area contributed by atoms with Crippen molar-refractivity contribution >= 4 is 50.8 Å². The number of carbonyl (C=O) groups excluding carboxylic acids is 1. The first-order valence-corrected chi connectivity index (χ1v) is 7.51. The minimum atomic E-state index is -0.0317. The van der Waals surface area contributed by atoms with Crippen molar-refractivity contribution in [3.05, 3.63) is 60.8 Å². The maximum absolute atomic E-state index is 12.3. The molecule has 23 heavy (non-hydrogen) atoms. The zero-order chi connectivity index (χ0) is 16.1. The van der Waals surface area contributed by atoms with Gasteiger partial charge in [0.1, 0.15) is 0 Å². The van der Waals surface area contributed by atoms with Crippen LogP contribution < -0.4 is 0 Å². The fraction of sp³-hybridized carbons (Fsp3) is 0.0500. The molecule has 0 bridgehead atoms. The van der Waals surface area contributed by atoms with Crippen molar-refractivity contribution in [3.8, 4) is 0 Å². The molecule has 4 rings (SSSR count). The summed E-state index contributed by atoms with van der Waals surface area (Å²) in [4.78, 5) is 15.8. The molecule has 112 valence electrons. The highest BCUT2D eigenvalue weighted by molar-refractivity contribution is 6.22. The van der Waals surface area contributed by atoms with Crippen molar-refractivity contribution in [2.45, 2.75) is 6.92 Å². The first kappa shape index (κ1) is 13.6. The van der Waals surface area contributed by atoms with E-state index in [0.717, 1.165) is 44.0 Å². The molecule has 3 heteroatoms. The second-order valence-corrected chi connectivity index (χ2v) is 5.62. The van der Waals surface area contributed by atoms with Crippen LogP contribution in [-0.2, 0) is 0 Å². The number of H-pyrrole nitrogens is 1. The maximum Gasteiger partial charge on any atom is 0.228 e. The van der Waals surface area contributed by atoms with Gasteiger partial charge in [-0.3, -0.25) is 9.36 Å². The fourth-order valence-corrected chi connectivity index (χ4v) is 3.49. The predicted molar refractivity (Wildman–Crippen MR) is 97.8 cm³/mol. The van der Waals surface area contributed by atoms with E-state index in [1.807, 2.05) is 24.3 Å². The highest BCUT2D eigenvalue weighted by atomic mass is 16.1. The van der Waals surface area contributed by atoms with E-state index < -0.39 is 0 Å². The monoisotopic (exact) mass is 300 g/mol. The van der Waals surface area contributed by atoms with Crippen molar-refractivity contribution < 1.29 is 4.79 Å². The Kier molecular flexibility index (Phi) is 2.78. The lowest BCUT2D eigenvalue weighted by atomic mass is 10.1. The van der Waals surface area contributed by atoms with E-state index in [1.165, 1.54) is 0 Å². The molecule has 3 nitrogen and oxygen atoms in total. The third-order valence-electron chi connectivity index (χ3n) is 4.39. The smallest absolute Gasteiger partial charge is 0.228 e. The summed E-state index contributed by atoms with van der Waals surface area (Å²) in [6, 6.07) is 12.2. The van der Waals surface area contributed by atoms with Crippen LogP contribution in [0.5, 0.6) is 0 Å². The summed E-state index contributed by atoms with van der Waals surface area (Å²) >= 11 is 0.